The first-order chi connectivity index (χ1) is 19.9. The molecule has 0 spiro atoms. The molecule has 8 nitrogen and oxygen atoms in total. The minimum atomic E-state index is -0.625. The van der Waals surface area contributed by atoms with E-state index in [-0.39, 0.29) is 17.1 Å². The molecular formula is C34H46N4O4. The predicted molar refractivity (Wildman–Crippen MR) is 168 cm³/mol. The van der Waals surface area contributed by atoms with Crippen molar-refractivity contribution in [2.24, 2.45) is 34.2 Å². The highest BCUT2D eigenvalue weighted by molar-refractivity contribution is 5.89. The van der Waals surface area contributed by atoms with Gasteiger partial charge in [0.15, 0.2) is 0 Å². The Labute approximate surface area is 249 Å². The van der Waals surface area contributed by atoms with E-state index in [0.717, 1.165) is 61.1 Å². The number of nitro groups is 2. The van der Waals surface area contributed by atoms with E-state index in [1.165, 1.54) is 60.9 Å². The normalized spacial score (nSPS) is 25.5. The van der Waals surface area contributed by atoms with Crippen molar-refractivity contribution in [1.82, 2.24) is 0 Å². The van der Waals surface area contributed by atoms with Crippen molar-refractivity contribution in [2.45, 2.75) is 105 Å². The number of nitrogens with zero attached hydrogens (tertiary/aromatic N) is 3. The standard InChI is InChI=1S/C34H46N4O4/c1-20(2)21(3)7-8-22(4)32-11-12-33-31-15-24-9-10-25(18-30(24)23(5)29(31)13-14-34(32,33)6)35-36-26-16-27(37(39)40)19-28(17-26)38(41)42/h15-17,19-22,32-33,36H,7-14,18H2,1-6H3/b35-25-. The quantitative estimate of drug-likeness (QED) is 0.237. The van der Waals surface area contributed by atoms with Gasteiger partial charge in [-0.05, 0) is 108 Å². The fourth-order valence-corrected chi connectivity index (χ4v) is 8.32. The van der Waals surface area contributed by atoms with Crippen LogP contribution in [-0.4, -0.2) is 15.6 Å². The first-order valence-corrected chi connectivity index (χ1v) is 15.8. The lowest BCUT2D eigenvalue weighted by Crippen LogP contribution is -2.36. The number of hydrazone groups is 1. The molecule has 5 unspecified atom stereocenters. The summed E-state index contributed by atoms with van der Waals surface area (Å²) in [4.78, 5) is 21.3. The monoisotopic (exact) mass is 574 g/mol. The van der Waals surface area contributed by atoms with Gasteiger partial charge in [0.1, 0.15) is 0 Å². The third-order valence-corrected chi connectivity index (χ3v) is 11.3. The number of hydrogen-bond donors (Lipinski definition) is 1. The molecule has 226 valence electrons. The second-order valence-electron chi connectivity index (χ2n) is 13.9. The summed E-state index contributed by atoms with van der Waals surface area (Å²) in [5.41, 5.74) is 11.1. The Kier molecular flexibility index (Phi) is 8.46. The molecule has 0 aliphatic heterocycles. The number of nitro benzene ring substituents is 2. The number of aryl methyl sites for hydroxylation is 1. The van der Waals surface area contributed by atoms with Gasteiger partial charge in [-0.3, -0.25) is 25.7 Å². The van der Waals surface area contributed by atoms with Crippen LogP contribution in [-0.2, 0) is 19.3 Å². The van der Waals surface area contributed by atoms with E-state index in [9.17, 15) is 20.2 Å². The van der Waals surface area contributed by atoms with Gasteiger partial charge in [-0.15, -0.1) is 0 Å². The number of nitrogens with one attached hydrogen (secondary N) is 1. The third kappa shape index (κ3) is 5.69. The minimum Gasteiger partial charge on any atom is -0.278 e. The lowest BCUT2D eigenvalue weighted by atomic mass is 9.59. The van der Waals surface area contributed by atoms with E-state index < -0.39 is 9.85 Å². The summed E-state index contributed by atoms with van der Waals surface area (Å²) >= 11 is 0. The van der Waals surface area contributed by atoms with Gasteiger partial charge in [0, 0.05) is 24.3 Å². The van der Waals surface area contributed by atoms with Gasteiger partial charge in [-0.2, -0.15) is 5.10 Å². The average Bonchev–Trinajstić information content (AvgIpc) is 3.32. The Balaban J connectivity index is 1.34. The Bertz CT molecular complexity index is 1380. The Morgan fingerprint density at radius 1 is 0.952 bits per heavy atom. The van der Waals surface area contributed by atoms with Crippen molar-refractivity contribution >= 4 is 22.8 Å². The maximum Gasteiger partial charge on any atom is 0.278 e. The summed E-state index contributed by atoms with van der Waals surface area (Å²) in [7, 11) is 0. The predicted octanol–water partition coefficient (Wildman–Crippen LogP) is 8.92. The first kappa shape index (κ1) is 30.2. The van der Waals surface area contributed by atoms with E-state index >= 15 is 0 Å². The Hall–Kier alpha value is -3.29. The van der Waals surface area contributed by atoms with Crippen molar-refractivity contribution in [3.8, 4) is 0 Å². The number of anilines is 1. The molecule has 3 aliphatic rings. The van der Waals surface area contributed by atoms with Gasteiger partial charge in [-0.1, -0.05) is 53.5 Å². The topological polar surface area (TPSA) is 111 Å². The van der Waals surface area contributed by atoms with Crippen LogP contribution in [0.1, 0.15) is 107 Å². The molecule has 2 aromatic carbocycles. The second kappa shape index (κ2) is 11.8. The molecule has 0 radical (unpaired) electrons. The number of fused-ring (bicyclic) bond motifs is 4. The zero-order valence-electron chi connectivity index (χ0n) is 26.0. The fraction of sp³-hybridized carbons (Fsp3) is 0.618. The maximum absolute atomic E-state index is 11.3. The van der Waals surface area contributed by atoms with Crippen molar-refractivity contribution in [2.75, 3.05) is 5.43 Å². The van der Waals surface area contributed by atoms with Crippen molar-refractivity contribution in [3.05, 3.63) is 72.3 Å². The van der Waals surface area contributed by atoms with Crippen molar-refractivity contribution in [1.29, 1.82) is 0 Å². The summed E-state index contributed by atoms with van der Waals surface area (Å²) in [5.74, 6) is 3.73. The van der Waals surface area contributed by atoms with Crippen LogP contribution in [0.4, 0.5) is 17.1 Å². The highest BCUT2D eigenvalue weighted by atomic mass is 16.6. The van der Waals surface area contributed by atoms with E-state index in [1.807, 2.05) is 0 Å². The average molecular weight is 575 g/mol. The van der Waals surface area contributed by atoms with Gasteiger partial charge < -0.3 is 0 Å². The van der Waals surface area contributed by atoms with Crippen LogP contribution < -0.4 is 5.43 Å². The SMILES string of the molecule is Cc1c2c(cc3c1CCC1(C)C3CCC1C(C)CCC(C)C(C)C)CC/C(=N/Nc1cc([N+](=O)[O-])cc([N+](=O)[O-])c1)C2. The van der Waals surface area contributed by atoms with Gasteiger partial charge >= 0.3 is 0 Å². The number of benzene rings is 2. The van der Waals surface area contributed by atoms with Gasteiger partial charge in [0.2, 0.25) is 0 Å². The second-order valence-corrected chi connectivity index (χ2v) is 13.9. The molecule has 0 aromatic heterocycles. The molecule has 0 bridgehead atoms. The van der Waals surface area contributed by atoms with E-state index in [4.69, 9.17) is 0 Å². The molecule has 0 amide bonds. The molecule has 5 atom stereocenters. The first-order valence-electron chi connectivity index (χ1n) is 15.8. The molecule has 5 rings (SSSR count). The van der Waals surface area contributed by atoms with Crippen LogP contribution in [0.25, 0.3) is 0 Å². The molecule has 1 fully saturated rings. The Morgan fingerprint density at radius 3 is 2.29 bits per heavy atom. The Morgan fingerprint density at radius 2 is 1.64 bits per heavy atom. The summed E-state index contributed by atoms with van der Waals surface area (Å²) in [5, 5.41) is 27.1. The summed E-state index contributed by atoms with van der Waals surface area (Å²) in [6.45, 7) is 14.5. The van der Waals surface area contributed by atoms with Crippen LogP contribution in [0.5, 0.6) is 0 Å². The van der Waals surface area contributed by atoms with Crippen LogP contribution >= 0.6 is 0 Å². The molecule has 1 saturated carbocycles. The third-order valence-electron chi connectivity index (χ3n) is 11.3. The van der Waals surface area contributed by atoms with E-state index in [1.54, 1.807) is 11.1 Å². The molecule has 2 aromatic rings. The molecule has 0 heterocycles. The molecule has 42 heavy (non-hydrogen) atoms. The van der Waals surface area contributed by atoms with Crippen LogP contribution in [0.3, 0.4) is 0 Å². The zero-order valence-corrected chi connectivity index (χ0v) is 26.0. The molecule has 0 saturated heterocycles. The summed E-state index contributed by atoms with van der Waals surface area (Å²) in [6.07, 6.45) is 10.1. The highest BCUT2D eigenvalue weighted by Gasteiger charge is 2.51. The van der Waals surface area contributed by atoms with Crippen molar-refractivity contribution < 1.29 is 9.85 Å². The van der Waals surface area contributed by atoms with Crippen LogP contribution in [0.15, 0.2) is 29.4 Å². The number of hydrogen-bond acceptors (Lipinski definition) is 6. The van der Waals surface area contributed by atoms with Crippen LogP contribution in [0, 0.1) is 56.2 Å². The van der Waals surface area contributed by atoms with Crippen LogP contribution in [0.2, 0.25) is 0 Å². The molecular weight excluding hydrogens is 528 g/mol. The van der Waals surface area contributed by atoms with Gasteiger partial charge in [-0.25, -0.2) is 0 Å². The smallest absolute Gasteiger partial charge is 0.278 e. The number of non-ortho nitro benzene ring substituents is 2. The van der Waals surface area contributed by atoms with E-state index in [2.05, 4.69) is 58.1 Å². The van der Waals surface area contributed by atoms with Crippen molar-refractivity contribution in [3.63, 3.8) is 0 Å². The zero-order chi connectivity index (χ0) is 30.3. The fourth-order valence-electron chi connectivity index (χ4n) is 8.32. The van der Waals surface area contributed by atoms with Gasteiger partial charge in [0.25, 0.3) is 11.4 Å². The summed E-state index contributed by atoms with van der Waals surface area (Å²) < 4.78 is 0. The summed E-state index contributed by atoms with van der Waals surface area (Å²) in [6, 6.07) is 6.06. The lowest BCUT2D eigenvalue weighted by Gasteiger charge is -2.45. The largest absolute Gasteiger partial charge is 0.278 e. The van der Waals surface area contributed by atoms with Gasteiger partial charge in [0.05, 0.1) is 21.6 Å². The van der Waals surface area contributed by atoms with E-state index in [0.29, 0.717) is 11.3 Å². The molecule has 8 heteroatoms. The number of rotatable bonds is 9. The maximum atomic E-state index is 11.3. The highest BCUT2D eigenvalue weighted by Crippen LogP contribution is 2.61. The lowest BCUT2D eigenvalue weighted by molar-refractivity contribution is -0.394. The molecule has 1 N–H and O–H groups in total. The molecule has 3 aliphatic carbocycles. The minimum absolute atomic E-state index is 0.249.